The number of halogens is 1. The third-order valence-electron chi connectivity index (χ3n) is 2.22. The molecule has 0 radical (unpaired) electrons. The van der Waals surface area contributed by atoms with Crippen molar-refractivity contribution in [2.45, 2.75) is 19.3 Å². The number of aliphatic carboxylic acids is 1. The van der Waals surface area contributed by atoms with Crippen LogP contribution in [0.1, 0.15) is 17.5 Å². The van der Waals surface area contributed by atoms with Crippen LogP contribution in [-0.2, 0) is 27.2 Å². The van der Waals surface area contributed by atoms with Gasteiger partial charge in [-0.05, 0) is 29.7 Å². The number of carbonyl (C=O) groups is 2. The summed E-state index contributed by atoms with van der Waals surface area (Å²) in [6, 6.07) is 5.50. The van der Waals surface area contributed by atoms with Crippen molar-refractivity contribution < 1.29 is 19.4 Å². The first-order valence-corrected chi connectivity index (χ1v) is 5.87. The number of hydrogen-bond donors (Lipinski definition) is 1. The maximum Gasteiger partial charge on any atom is 0.309 e. The third kappa shape index (κ3) is 4.99. The minimum absolute atomic E-state index is 0.0775. The standard InChI is InChI=1S/C12H13BrO4/c1-17-12(16)7-9-4-8(2-3-11(14)15)5-10(13)6-9/h4-6H,2-3,7H2,1H3,(H,14,15). The maximum atomic E-state index is 11.1. The molecule has 1 aromatic rings. The Morgan fingerprint density at radius 2 is 1.94 bits per heavy atom. The van der Waals surface area contributed by atoms with E-state index in [-0.39, 0.29) is 18.8 Å². The van der Waals surface area contributed by atoms with Gasteiger partial charge in [0.1, 0.15) is 0 Å². The second kappa shape index (κ2) is 6.39. The lowest BCUT2D eigenvalue weighted by atomic mass is 10.0. The quantitative estimate of drug-likeness (QED) is 0.847. The molecule has 92 valence electrons. The predicted octanol–water partition coefficient (Wildman–Crippen LogP) is 2.18. The molecule has 4 nitrogen and oxygen atoms in total. The molecule has 0 aliphatic carbocycles. The SMILES string of the molecule is COC(=O)Cc1cc(Br)cc(CCC(=O)O)c1. The summed E-state index contributed by atoms with van der Waals surface area (Å²) in [5.74, 6) is -1.15. The van der Waals surface area contributed by atoms with Crippen LogP contribution in [0.2, 0.25) is 0 Å². The van der Waals surface area contributed by atoms with Crippen molar-refractivity contribution in [1.29, 1.82) is 0 Å². The van der Waals surface area contributed by atoms with Gasteiger partial charge < -0.3 is 9.84 Å². The minimum atomic E-state index is -0.834. The summed E-state index contributed by atoms with van der Waals surface area (Å²) in [5, 5.41) is 8.61. The molecule has 17 heavy (non-hydrogen) atoms. The van der Waals surface area contributed by atoms with E-state index in [1.807, 2.05) is 18.2 Å². The Kier molecular flexibility index (Phi) is 5.15. The summed E-state index contributed by atoms with van der Waals surface area (Å²) in [6.07, 6.45) is 0.715. The lowest BCUT2D eigenvalue weighted by molar-refractivity contribution is -0.140. The Labute approximate surface area is 108 Å². The van der Waals surface area contributed by atoms with Crippen LogP contribution < -0.4 is 0 Å². The average molecular weight is 301 g/mol. The number of carboxylic acids is 1. The third-order valence-corrected chi connectivity index (χ3v) is 2.68. The molecule has 0 aliphatic rings. The largest absolute Gasteiger partial charge is 0.481 e. The number of aryl methyl sites for hydroxylation is 1. The molecule has 0 heterocycles. The van der Waals surface area contributed by atoms with E-state index < -0.39 is 5.97 Å². The van der Waals surface area contributed by atoms with E-state index in [9.17, 15) is 9.59 Å². The molecule has 0 saturated heterocycles. The molecule has 0 aromatic heterocycles. The highest BCUT2D eigenvalue weighted by atomic mass is 79.9. The van der Waals surface area contributed by atoms with E-state index >= 15 is 0 Å². The summed E-state index contributed by atoms with van der Waals surface area (Å²) in [4.78, 5) is 21.6. The van der Waals surface area contributed by atoms with E-state index in [0.717, 1.165) is 15.6 Å². The van der Waals surface area contributed by atoms with Crippen molar-refractivity contribution in [3.8, 4) is 0 Å². The van der Waals surface area contributed by atoms with Crippen molar-refractivity contribution in [3.05, 3.63) is 33.8 Å². The molecule has 1 N–H and O–H groups in total. The van der Waals surface area contributed by atoms with Gasteiger partial charge in [-0.15, -0.1) is 0 Å². The maximum absolute atomic E-state index is 11.1. The number of carboxylic acid groups (broad SMARTS) is 1. The average Bonchev–Trinajstić information content (AvgIpc) is 2.25. The van der Waals surface area contributed by atoms with Crippen LogP contribution in [0.3, 0.4) is 0 Å². The fourth-order valence-electron chi connectivity index (χ4n) is 1.45. The van der Waals surface area contributed by atoms with Gasteiger partial charge in [0.25, 0.3) is 0 Å². The first kappa shape index (κ1) is 13.7. The highest BCUT2D eigenvalue weighted by Crippen LogP contribution is 2.18. The van der Waals surface area contributed by atoms with Crippen LogP contribution >= 0.6 is 15.9 Å². The fraction of sp³-hybridized carbons (Fsp3) is 0.333. The van der Waals surface area contributed by atoms with Crippen molar-refractivity contribution >= 4 is 27.9 Å². The Morgan fingerprint density at radius 1 is 1.29 bits per heavy atom. The van der Waals surface area contributed by atoms with Crippen molar-refractivity contribution in [1.82, 2.24) is 0 Å². The molecular formula is C12H13BrO4. The summed E-state index contributed by atoms with van der Waals surface area (Å²) in [7, 11) is 1.34. The fourth-order valence-corrected chi connectivity index (χ4v) is 2.04. The van der Waals surface area contributed by atoms with Gasteiger partial charge in [0.05, 0.1) is 13.5 Å². The Morgan fingerprint density at radius 3 is 2.53 bits per heavy atom. The monoisotopic (exact) mass is 300 g/mol. The molecule has 0 fully saturated rings. The van der Waals surface area contributed by atoms with Crippen LogP contribution in [0.5, 0.6) is 0 Å². The van der Waals surface area contributed by atoms with Gasteiger partial charge in [-0.2, -0.15) is 0 Å². The molecule has 5 heteroatoms. The highest BCUT2D eigenvalue weighted by molar-refractivity contribution is 9.10. The zero-order valence-electron chi connectivity index (χ0n) is 9.40. The molecular weight excluding hydrogens is 288 g/mol. The smallest absolute Gasteiger partial charge is 0.309 e. The number of benzene rings is 1. The first-order chi connectivity index (χ1) is 8.01. The van der Waals surface area contributed by atoms with Crippen molar-refractivity contribution in [3.63, 3.8) is 0 Å². The normalized spacial score (nSPS) is 10.0. The summed E-state index contributed by atoms with van der Waals surface area (Å²) in [6.45, 7) is 0. The van der Waals surface area contributed by atoms with Crippen LogP contribution in [0, 0.1) is 0 Å². The Hall–Kier alpha value is -1.36. The molecule has 0 saturated carbocycles. The summed E-state index contributed by atoms with van der Waals surface area (Å²) >= 11 is 3.33. The van der Waals surface area contributed by atoms with Gasteiger partial charge in [0.15, 0.2) is 0 Å². The van der Waals surface area contributed by atoms with Gasteiger partial charge in [0.2, 0.25) is 0 Å². The van der Waals surface area contributed by atoms with E-state index in [1.54, 1.807) is 0 Å². The predicted molar refractivity (Wildman–Crippen MR) is 65.8 cm³/mol. The number of hydrogen-bond acceptors (Lipinski definition) is 3. The lowest BCUT2D eigenvalue weighted by Crippen LogP contribution is -2.05. The van der Waals surface area contributed by atoms with Gasteiger partial charge in [-0.1, -0.05) is 22.0 Å². The van der Waals surface area contributed by atoms with Crippen molar-refractivity contribution in [2.75, 3.05) is 7.11 Å². The number of methoxy groups -OCH3 is 1. The topological polar surface area (TPSA) is 63.6 Å². The molecule has 0 aliphatic heterocycles. The molecule has 0 amide bonds. The second-order valence-electron chi connectivity index (χ2n) is 3.61. The van der Waals surface area contributed by atoms with Crippen LogP contribution in [0.25, 0.3) is 0 Å². The lowest BCUT2D eigenvalue weighted by Gasteiger charge is -2.05. The van der Waals surface area contributed by atoms with Gasteiger partial charge in [0, 0.05) is 10.9 Å². The molecule has 0 unspecified atom stereocenters. The van der Waals surface area contributed by atoms with Crippen LogP contribution in [0.15, 0.2) is 22.7 Å². The Bertz CT molecular complexity index is 429. The van der Waals surface area contributed by atoms with E-state index in [4.69, 9.17) is 5.11 Å². The van der Waals surface area contributed by atoms with Gasteiger partial charge in [-0.3, -0.25) is 9.59 Å². The van der Waals surface area contributed by atoms with Crippen LogP contribution in [0.4, 0.5) is 0 Å². The summed E-state index contributed by atoms with van der Waals surface area (Å²) in [5.41, 5.74) is 1.70. The van der Waals surface area contributed by atoms with E-state index in [0.29, 0.717) is 6.42 Å². The van der Waals surface area contributed by atoms with E-state index in [1.165, 1.54) is 7.11 Å². The molecule has 0 atom stereocenters. The number of carbonyl (C=O) groups excluding carboxylic acids is 1. The van der Waals surface area contributed by atoms with Crippen molar-refractivity contribution in [2.24, 2.45) is 0 Å². The molecule has 0 spiro atoms. The summed E-state index contributed by atoms with van der Waals surface area (Å²) < 4.78 is 5.42. The second-order valence-corrected chi connectivity index (χ2v) is 4.53. The number of ether oxygens (including phenoxy) is 1. The zero-order chi connectivity index (χ0) is 12.8. The molecule has 1 rings (SSSR count). The van der Waals surface area contributed by atoms with E-state index in [2.05, 4.69) is 20.7 Å². The van der Waals surface area contributed by atoms with Crippen LogP contribution in [-0.4, -0.2) is 24.2 Å². The van der Waals surface area contributed by atoms with Gasteiger partial charge >= 0.3 is 11.9 Å². The molecule has 1 aromatic carbocycles. The zero-order valence-corrected chi connectivity index (χ0v) is 11.0. The first-order valence-electron chi connectivity index (χ1n) is 5.08. The Balaban J connectivity index is 2.78. The van der Waals surface area contributed by atoms with Gasteiger partial charge in [-0.25, -0.2) is 0 Å². The number of esters is 1. The minimum Gasteiger partial charge on any atom is -0.481 e. The number of rotatable bonds is 5. The molecule has 0 bridgehead atoms. The highest BCUT2D eigenvalue weighted by Gasteiger charge is 2.06.